The first-order chi connectivity index (χ1) is 7.59. The molecule has 0 amide bonds. The molecule has 0 N–H and O–H groups in total. The molecule has 0 aliphatic heterocycles. The molecular weight excluding hydrogens is 208 g/mol. The second-order valence-electron chi connectivity index (χ2n) is 3.79. The highest BCUT2D eigenvalue weighted by Gasteiger charge is 2.12. The van der Waals surface area contributed by atoms with Crippen molar-refractivity contribution in [2.75, 3.05) is 0 Å². The molecule has 1 aromatic carbocycles. The van der Waals surface area contributed by atoms with Crippen molar-refractivity contribution in [1.29, 1.82) is 0 Å². The Balaban J connectivity index is 2.39. The number of rotatable bonds is 3. The predicted molar refractivity (Wildman–Crippen MR) is 57.4 cm³/mol. The van der Waals surface area contributed by atoms with Crippen molar-refractivity contribution in [1.82, 2.24) is 0 Å². The van der Waals surface area contributed by atoms with E-state index in [1.54, 1.807) is 30.3 Å². The Morgan fingerprint density at radius 2 is 1.75 bits per heavy atom. The Morgan fingerprint density at radius 1 is 1.12 bits per heavy atom. The van der Waals surface area contributed by atoms with Crippen LogP contribution in [0.15, 0.2) is 30.3 Å². The molecule has 0 unspecified atom stereocenters. The van der Waals surface area contributed by atoms with Crippen molar-refractivity contribution in [3.05, 3.63) is 35.9 Å². The zero-order valence-corrected chi connectivity index (χ0v) is 9.30. The summed E-state index contributed by atoms with van der Waals surface area (Å²) in [7, 11) is 0. The van der Waals surface area contributed by atoms with Gasteiger partial charge in [0.25, 0.3) is 0 Å². The van der Waals surface area contributed by atoms with E-state index in [2.05, 4.69) is 9.78 Å². The first-order valence-corrected chi connectivity index (χ1v) is 5.06. The molecule has 16 heavy (non-hydrogen) atoms. The quantitative estimate of drug-likeness (QED) is 0.582. The molecule has 1 rings (SSSR count). The van der Waals surface area contributed by atoms with Gasteiger partial charge in [0.05, 0.1) is 12.0 Å². The molecule has 0 heterocycles. The van der Waals surface area contributed by atoms with E-state index in [1.165, 1.54) is 0 Å². The minimum absolute atomic E-state index is 0.169. The average Bonchev–Trinajstić information content (AvgIpc) is 2.26. The van der Waals surface area contributed by atoms with Crippen molar-refractivity contribution in [3.8, 4) is 0 Å². The minimum Gasteiger partial charge on any atom is -0.247 e. The van der Waals surface area contributed by atoms with Gasteiger partial charge in [-0.15, -0.1) is 0 Å². The van der Waals surface area contributed by atoms with E-state index in [-0.39, 0.29) is 12.3 Å². The summed E-state index contributed by atoms with van der Waals surface area (Å²) < 4.78 is 0. The Kier molecular flexibility index (Phi) is 4.51. The van der Waals surface area contributed by atoms with E-state index in [9.17, 15) is 9.59 Å². The van der Waals surface area contributed by atoms with Crippen LogP contribution in [-0.4, -0.2) is 11.9 Å². The highest BCUT2D eigenvalue weighted by Crippen LogP contribution is 2.04. The molecule has 0 radical (unpaired) electrons. The number of hydrogen-bond acceptors (Lipinski definition) is 4. The van der Waals surface area contributed by atoms with Gasteiger partial charge in [-0.1, -0.05) is 32.0 Å². The molecule has 0 aliphatic rings. The SMILES string of the molecule is CC(C)CC(=O)OOC(=O)c1ccccc1. The Bertz CT molecular complexity index is 357. The fourth-order valence-corrected chi connectivity index (χ4v) is 1.07. The lowest BCUT2D eigenvalue weighted by Gasteiger charge is -2.04. The van der Waals surface area contributed by atoms with Gasteiger partial charge in [0.1, 0.15) is 0 Å². The van der Waals surface area contributed by atoms with E-state index >= 15 is 0 Å². The summed E-state index contributed by atoms with van der Waals surface area (Å²) in [5.74, 6) is -1.04. The van der Waals surface area contributed by atoms with Gasteiger partial charge in [0.2, 0.25) is 0 Å². The first-order valence-electron chi connectivity index (χ1n) is 5.06. The van der Waals surface area contributed by atoms with Crippen LogP contribution in [0.2, 0.25) is 0 Å². The number of carbonyl (C=O) groups excluding carboxylic acids is 2. The highest BCUT2D eigenvalue weighted by atomic mass is 17.2. The van der Waals surface area contributed by atoms with Crippen LogP contribution in [-0.2, 0) is 14.6 Å². The molecule has 86 valence electrons. The molecule has 4 nitrogen and oxygen atoms in total. The predicted octanol–water partition coefficient (Wildman–Crippen LogP) is 2.35. The van der Waals surface area contributed by atoms with E-state index in [4.69, 9.17) is 0 Å². The normalized spacial score (nSPS) is 9.94. The maximum Gasteiger partial charge on any atom is 0.386 e. The van der Waals surface area contributed by atoms with Gasteiger partial charge in [-0.05, 0) is 18.1 Å². The van der Waals surface area contributed by atoms with Gasteiger partial charge in [0, 0.05) is 0 Å². The molecule has 4 heteroatoms. The number of hydrogen-bond donors (Lipinski definition) is 0. The van der Waals surface area contributed by atoms with Gasteiger partial charge in [-0.25, -0.2) is 19.4 Å². The summed E-state index contributed by atoms with van der Waals surface area (Å²) in [6, 6.07) is 8.35. The molecular formula is C12H14O4. The van der Waals surface area contributed by atoms with Crippen LogP contribution >= 0.6 is 0 Å². The van der Waals surface area contributed by atoms with Crippen LogP contribution in [0.5, 0.6) is 0 Å². The van der Waals surface area contributed by atoms with E-state index in [0.717, 1.165) is 0 Å². The van der Waals surface area contributed by atoms with Crippen LogP contribution in [0.25, 0.3) is 0 Å². The molecule has 0 spiro atoms. The third kappa shape index (κ3) is 4.13. The zero-order valence-electron chi connectivity index (χ0n) is 9.30. The van der Waals surface area contributed by atoms with Crippen LogP contribution in [0.4, 0.5) is 0 Å². The first kappa shape index (κ1) is 12.2. The topological polar surface area (TPSA) is 52.6 Å². The largest absolute Gasteiger partial charge is 0.386 e. The summed E-state index contributed by atoms with van der Waals surface area (Å²) in [6.45, 7) is 3.75. The second kappa shape index (κ2) is 5.90. The van der Waals surface area contributed by atoms with E-state index in [0.29, 0.717) is 5.56 Å². The Hall–Kier alpha value is -1.84. The lowest BCUT2D eigenvalue weighted by Crippen LogP contribution is -2.12. The van der Waals surface area contributed by atoms with Gasteiger partial charge in [0.15, 0.2) is 0 Å². The smallest absolute Gasteiger partial charge is 0.247 e. The van der Waals surface area contributed by atoms with Gasteiger partial charge in [-0.2, -0.15) is 0 Å². The van der Waals surface area contributed by atoms with Crippen LogP contribution < -0.4 is 0 Å². The van der Waals surface area contributed by atoms with Crippen LogP contribution in [0.3, 0.4) is 0 Å². The summed E-state index contributed by atoms with van der Waals surface area (Å²) in [5.41, 5.74) is 0.347. The summed E-state index contributed by atoms with van der Waals surface area (Å²) in [6.07, 6.45) is 0.224. The lowest BCUT2D eigenvalue weighted by atomic mass is 10.1. The standard InChI is InChI=1S/C12H14O4/c1-9(2)8-11(13)15-16-12(14)10-6-4-3-5-7-10/h3-7,9H,8H2,1-2H3. The number of benzene rings is 1. The third-order valence-electron chi connectivity index (χ3n) is 1.79. The van der Waals surface area contributed by atoms with Gasteiger partial charge >= 0.3 is 11.9 Å². The zero-order chi connectivity index (χ0) is 12.0. The highest BCUT2D eigenvalue weighted by molar-refractivity contribution is 5.89. The molecule has 0 atom stereocenters. The van der Waals surface area contributed by atoms with Crippen molar-refractivity contribution in [3.63, 3.8) is 0 Å². The Morgan fingerprint density at radius 3 is 2.31 bits per heavy atom. The fourth-order valence-electron chi connectivity index (χ4n) is 1.07. The summed E-state index contributed by atoms with van der Waals surface area (Å²) in [5, 5.41) is 0. The van der Waals surface area contributed by atoms with Crippen molar-refractivity contribution in [2.45, 2.75) is 20.3 Å². The van der Waals surface area contributed by atoms with Gasteiger partial charge in [-0.3, -0.25) is 0 Å². The number of carbonyl (C=O) groups is 2. The molecule has 0 fully saturated rings. The molecule has 0 aromatic heterocycles. The monoisotopic (exact) mass is 222 g/mol. The van der Waals surface area contributed by atoms with Crippen molar-refractivity contribution < 1.29 is 19.4 Å². The van der Waals surface area contributed by atoms with Gasteiger partial charge < -0.3 is 0 Å². The van der Waals surface area contributed by atoms with Crippen LogP contribution in [0, 0.1) is 5.92 Å². The van der Waals surface area contributed by atoms with Crippen LogP contribution in [0.1, 0.15) is 30.6 Å². The fraction of sp³-hybridized carbons (Fsp3) is 0.333. The maximum absolute atomic E-state index is 11.3. The van der Waals surface area contributed by atoms with E-state index in [1.807, 2.05) is 13.8 Å². The van der Waals surface area contributed by atoms with Crippen molar-refractivity contribution >= 4 is 11.9 Å². The minimum atomic E-state index is -0.669. The molecule has 0 saturated heterocycles. The van der Waals surface area contributed by atoms with E-state index < -0.39 is 11.9 Å². The van der Waals surface area contributed by atoms with Crippen molar-refractivity contribution in [2.24, 2.45) is 5.92 Å². The Labute approximate surface area is 94.1 Å². The maximum atomic E-state index is 11.3. The molecule has 1 aromatic rings. The second-order valence-corrected chi connectivity index (χ2v) is 3.79. The summed E-state index contributed by atoms with van der Waals surface area (Å²) in [4.78, 5) is 31.2. The molecule has 0 saturated carbocycles. The molecule has 0 bridgehead atoms. The third-order valence-corrected chi connectivity index (χ3v) is 1.79. The summed E-state index contributed by atoms with van der Waals surface area (Å²) >= 11 is 0. The average molecular weight is 222 g/mol. The lowest BCUT2D eigenvalue weighted by molar-refractivity contribution is -0.234. The molecule has 0 aliphatic carbocycles.